The Bertz CT molecular complexity index is 313. The number of hydrogen-bond acceptors (Lipinski definition) is 3. The summed E-state index contributed by atoms with van der Waals surface area (Å²) in [5.74, 6) is -0.202. The minimum atomic E-state index is -0.799. The van der Waals surface area contributed by atoms with Crippen LogP contribution in [0, 0.1) is 5.92 Å². The highest BCUT2D eigenvalue weighted by molar-refractivity contribution is 5.76. The van der Waals surface area contributed by atoms with Gasteiger partial charge in [0.2, 0.25) is 5.91 Å². The molecule has 0 heterocycles. The molecule has 21 heavy (non-hydrogen) atoms. The second kappa shape index (κ2) is 10.6. The molecule has 2 N–H and O–H groups in total. The van der Waals surface area contributed by atoms with E-state index in [1.165, 1.54) is 32.1 Å². The van der Waals surface area contributed by atoms with E-state index in [-0.39, 0.29) is 18.4 Å². The van der Waals surface area contributed by atoms with Crippen LogP contribution in [-0.2, 0) is 14.3 Å². The number of rotatable bonds is 10. The molecule has 1 rings (SSSR count). The maximum atomic E-state index is 11.9. The highest BCUT2D eigenvalue weighted by Gasteiger charge is 2.21. The van der Waals surface area contributed by atoms with Gasteiger partial charge in [-0.25, -0.2) is 0 Å². The van der Waals surface area contributed by atoms with Gasteiger partial charge in [0, 0.05) is 25.5 Å². The van der Waals surface area contributed by atoms with Crippen LogP contribution in [0.15, 0.2) is 0 Å². The number of nitrogens with one attached hydrogen (secondary N) is 1. The summed E-state index contributed by atoms with van der Waals surface area (Å²) in [5.41, 5.74) is 0. The number of carboxylic acids is 1. The average Bonchev–Trinajstić information content (AvgIpc) is 2.46. The summed E-state index contributed by atoms with van der Waals surface area (Å²) in [4.78, 5) is 22.6. The molecule has 0 aromatic rings. The van der Waals surface area contributed by atoms with Crippen LogP contribution in [0.25, 0.3) is 0 Å². The van der Waals surface area contributed by atoms with Crippen LogP contribution in [0.3, 0.4) is 0 Å². The van der Waals surface area contributed by atoms with Crippen LogP contribution >= 0.6 is 0 Å². The monoisotopic (exact) mass is 299 g/mol. The Morgan fingerprint density at radius 3 is 2.57 bits per heavy atom. The van der Waals surface area contributed by atoms with Crippen molar-refractivity contribution in [3.8, 4) is 0 Å². The van der Waals surface area contributed by atoms with E-state index in [1.807, 2.05) is 6.92 Å². The van der Waals surface area contributed by atoms with Crippen molar-refractivity contribution in [2.75, 3.05) is 13.2 Å². The molecule has 1 aliphatic rings. The Morgan fingerprint density at radius 1 is 1.24 bits per heavy atom. The number of amides is 1. The largest absolute Gasteiger partial charge is 0.481 e. The van der Waals surface area contributed by atoms with Gasteiger partial charge in [-0.3, -0.25) is 9.59 Å². The Kier molecular flexibility index (Phi) is 9.06. The molecule has 1 aliphatic carbocycles. The lowest BCUT2D eigenvalue weighted by Gasteiger charge is -2.27. The third-order valence-corrected chi connectivity index (χ3v) is 4.09. The summed E-state index contributed by atoms with van der Waals surface area (Å²) in [6.45, 7) is 2.94. The van der Waals surface area contributed by atoms with E-state index < -0.39 is 5.97 Å². The number of carboxylic acid groups (broad SMARTS) is 1. The molecule has 0 aromatic heterocycles. The van der Waals surface area contributed by atoms with Crippen molar-refractivity contribution in [3.63, 3.8) is 0 Å². The molecule has 122 valence electrons. The van der Waals surface area contributed by atoms with Crippen molar-refractivity contribution in [2.24, 2.45) is 5.92 Å². The van der Waals surface area contributed by atoms with Gasteiger partial charge >= 0.3 is 5.97 Å². The minimum absolute atomic E-state index is 0.0154. The minimum Gasteiger partial charge on any atom is -0.481 e. The van der Waals surface area contributed by atoms with Gasteiger partial charge in [0.1, 0.15) is 0 Å². The van der Waals surface area contributed by atoms with Crippen molar-refractivity contribution in [2.45, 2.75) is 70.8 Å². The smallest absolute Gasteiger partial charge is 0.303 e. The molecule has 5 heteroatoms. The normalized spacial score (nSPS) is 17.4. The van der Waals surface area contributed by atoms with Crippen LogP contribution in [0.4, 0.5) is 0 Å². The third kappa shape index (κ3) is 8.71. The molecule has 1 unspecified atom stereocenters. The lowest BCUT2D eigenvalue weighted by atomic mass is 9.84. The quantitative estimate of drug-likeness (QED) is 0.608. The Hall–Kier alpha value is -1.10. The van der Waals surface area contributed by atoms with Crippen molar-refractivity contribution >= 4 is 11.9 Å². The predicted octanol–water partition coefficient (Wildman–Crippen LogP) is 2.73. The van der Waals surface area contributed by atoms with Crippen LogP contribution in [-0.4, -0.2) is 36.2 Å². The summed E-state index contributed by atoms with van der Waals surface area (Å²) in [5, 5.41) is 11.8. The maximum Gasteiger partial charge on any atom is 0.303 e. The second-order valence-electron chi connectivity index (χ2n) is 5.88. The molecule has 0 aliphatic heterocycles. The van der Waals surface area contributed by atoms with Crippen molar-refractivity contribution in [1.29, 1.82) is 0 Å². The molecule has 0 radical (unpaired) electrons. The van der Waals surface area contributed by atoms with E-state index in [4.69, 9.17) is 9.84 Å². The third-order valence-electron chi connectivity index (χ3n) is 4.09. The lowest BCUT2D eigenvalue weighted by molar-refractivity contribution is -0.137. The molecular weight excluding hydrogens is 270 g/mol. The lowest BCUT2D eigenvalue weighted by Crippen LogP contribution is -2.37. The summed E-state index contributed by atoms with van der Waals surface area (Å²) >= 11 is 0. The van der Waals surface area contributed by atoms with Crippen molar-refractivity contribution < 1.29 is 19.4 Å². The van der Waals surface area contributed by atoms with E-state index >= 15 is 0 Å². The first-order chi connectivity index (χ1) is 10.1. The van der Waals surface area contributed by atoms with Crippen LogP contribution in [0.2, 0.25) is 0 Å². The molecule has 0 bridgehead atoms. The van der Waals surface area contributed by atoms with Gasteiger partial charge in [0.05, 0.1) is 6.61 Å². The van der Waals surface area contributed by atoms with Crippen molar-refractivity contribution in [1.82, 2.24) is 5.32 Å². The standard InChI is InChI=1S/C16H29NO4/c1-2-21-11-10-15(18)17-14(8-9-16(19)20)12-13-6-4-3-5-7-13/h13-14H,2-12H2,1H3,(H,17,18)(H,19,20). The predicted molar refractivity (Wildman–Crippen MR) is 81.1 cm³/mol. The van der Waals surface area contributed by atoms with Gasteiger partial charge in [0.15, 0.2) is 0 Å². The SMILES string of the molecule is CCOCCC(=O)NC(CCC(=O)O)CC1CCCCC1. The Labute approximate surface area is 127 Å². The molecular formula is C16H29NO4. The van der Waals surface area contributed by atoms with E-state index in [2.05, 4.69) is 5.32 Å². The first-order valence-corrected chi connectivity index (χ1v) is 8.20. The van der Waals surface area contributed by atoms with E-state index in [1.54, 1.807) is 0 Å². The average molecular weight is 299 g/mol. The Morgan fingerprint density at radius 2 is 1.95 bits per heavy atom. The first-order valence-electron chi connectivity index (χ1n) is 8.20. The highest BCUT2D eigenvalue weighted by Crippen LogP contribution is 2.28. The molecule has 1 saturated carbocycles. The summed E-state index contributed by atoms with van der Waals surface area (Å²) < 4.78 is 5.18. The Balaban J connectivity index is 2.38. The van der Waals surface area contributed by atoms with Gasteiger partial charge in [-0.2, -0.15) is 0 Å². The molecule has 0 spiro atoms. The zero-order valence-corrected chi connectivity index (χ0v) is 13.1. The van der Waals surface area contributed by atoms with E-state index in [9.17, 15) is 9.59 Å². The molecule has 1 atom stereocenters. The molecule has 0 saturated heterocycles. The van der Waals surface area contributed by atoms with Crippen LogP contribution in [0.5, 0.6) is 0 Å². The molecule has 1 fully saturated rings. The van der Waals surface area contributed by atoms with Crippen molar-refractivity contribution in [3.05, 3.63) is 0 Å². The van der Waals surface area contributed by atoms with Gasteiger partial charge in [-0.05, 0) is 25.7 Å². The molecule has 0 aromatic carbocycles. The molecule has 5 nitrogen and oxygen atoms in total. The fourth-order valence-electron chi connectivity index (χ4n) is 2.98. The van der Waals surface area contributed by atoms with Crippen LogP contribution < -0.4 is 5.32 Å². The first kappa shape index (κ1) is 18.0. The topological polar surface area (TPSA) is 75.6 Å². The van der Waals surface area contributed by atoms with Gasteiger partial charge in [-0.1, -0.05) is 32.1 Å². The van der Waals surface area contributed by atoms with Crippen LogP contribution in [0.1, 0.15) is 64.7 Å². The zero-order valence-electron chi connectivity index (χ0n) is 13.1. The summed E-state index contributed by atoms with van der Waals surface area (Å²) in [6.07, 6.45) is 8.13. The zero-order chi connectivity index (χ0) is 15.5. The number of hydrogen-bond donors (Lipinski definition) is 2. The van der Waals surface area contributed by atoms with Gasteiger partial charge in [0.25, 0.3) is 0 Å². The number of carbonyl (C=O) groups excluding carboxylic acids is 1. The maximum absolute atomic E-state index is 11.9. The van der Waals surface area contributed by atoms with E-state index in [0.29, 0.717) is 32.0 Å². The highest BCUT2D eigenvalue weighted by atomic mass is 16.5. The fourth-order valence-corrected chi connectivity index (χ4v) is 2.98. The van der Waals surface area contributed by atoms with Gasteiger partial charge in [-0.15, -0.1) is 0 Å². The second-order valence-corrected chi connectivity index (χ2v) is 5.88. The van der Waals surface area contributed by atoms with Gasteiger partial charge < -0.3 is 15.2 Å². The molecule has 1 amide bonds. The van der Waals surface area contributed by atoms with E-state index in [0.717, 1.165) is 6.42 Å². The fraction of sp³-hybridized carbons (Fsp3) is 0.875. The summed E-state index contributed by atoms with van der Waals surface area (Å²) in [6, 6.07) is -0.0154. The number of ether oxygens (including phenoxy) is 1. The number of carbonyl (C=O) groups is 2. The summed E-state index contributed by atoms with van der Waals surface area (Å²) in [7, 11) is 0. The number of aliphatic carboxylic acids is 1.